The number of aryl methyl sites for hydroxylation is 2. The van der Waals surface area contributed by atoms with E-state index in [9.17, 15) is 0 Å². The van der Waals surface area contributed by atoms with Crippen molar-refractivity contribution in [3.05, 3.63) is 145 Å². The zero-order chi connectivity index (χ0) is 31.4. The summed E-state index contributed by atoms with van der Waals surface area (Å²) in [5.74, 6) is 0. The van der Waals surface area contributed by atoms with Gasteiger partial charge in [-0.1, -0.05) is 127 Å². The van der Waals surface area contributed by atoms with Gasteiger partial charge in [-0.25, -0.2) is 0 Å². The summed E-state index contributed by atoms with van der Waals surface area (Å²) < 4.78 is 0. The quantitative estimate of drug-likeness (QED) is 0.141. The van der Waals surface area contributed by atoms with Crippen LogP contribution in [-0.4, -0.2) is 0 Å². The first-order valence-corrected chi connectivity index (χ1v) is 15.4. The Hall–Kier alpha value is -2.61. The van der Waals surface area contributed by atoms with E-state index in [1.165, 1.54) is 66.1 Å². The Bertz CT molecular complexity index is 1640. The molecule has 0 unspecified atom stereocenters. The standard InChI is InChI=1S/2C20H21.C3H6.2ClH.Ti/c2*1-14-12-16-6-5-7-18(19(16)13-14)15-8-10-17(11-9-15)20(2,3)4;1-3-2;;;/h2*5-13H,1-4H3;1-3H2;2*1H;/q2*-1;-2;;;+2/p-2. The van der Waals surface area contributed by atoms with E-state index in [0.29, 0.717) is 0 Å². The first kappa shape index (κ1) is 41.4. The largest absolute Gasteiger partial charge is 2.00 e. The predicted molar refractivity (Wildman–Crippen MR) is 192 cm³/mol. The third-order valence-electron chi connectivity index (χ3n) is 7.91. The van der Waals surface area contributed by atoms with Crippen molar-refractivity contribution >= 4 is 21.5 Å². The normalized spacial score (nSPS) is 10.8. The number of hydrogen-bond acceptors (Lipinski definition) is 0. The average molecular weight is 684 g/mol. The van der Waals surface area contributed by atoms with E-state index in [0.717, 1.165) is 6.42 Å². The van der Waals surface area contributed by atoms with Gasteiger partial charge in [0.1, 0.15) is 0 Å². The van der Waals surface area contributed by atoms with Crippen molar-refractivity contribution in [2.45, 2.75) is 72.6 Å². The van der Waals surface area contributed by atoms with Crippen LogP contribution in [0.3, 0.4) is 0 Å². The fourth-order valence-corrected chi connectivity index (χ4v) is 5.57. The summed E-state index contributed by atoms with van der Waals surface area (Å²) in [6.45, 7) is 24.6. The van der Waals surface area contributed by atoms with Gasteiger partial charge >= 0.3 is 21.7 Å². The Morgan fingerprint density at radius 1 is 0.522 bits per heavy atom. The molecule has 242 valence electrons. The van der Waals surface area contributed by atoms with E-state index < -0.39 is 0 Å². The third-order valence-corrected chi connectivity index (χ3v) is 7.91. The number of rotatable bonds is 2. The molecular weight excluding hydrogens is 635 g/mol. The molecule has 0 fully saturated rings. The summed E-state index contributed by atoms with van der Waals surface area (Å²) in [4.78, 5) is 0. The summed E-state index contributed by atoms with van der Waals surface area (Å²) in [6, 6.07) is 40.2. The van der Waals surface area contributed by atoms with Crippen LogP contribution in [0.5, 0.6) is 0 Å². The maximum Gasteiger partial charge on any atom is 2.00 e. The minimum atomic E-state index is 0. The zero-order valence-corrected chi connectivity index (χ0v) is 31.8. The average Bonchev–Trinajstić information content (AvgIpc) is 3.53. The molecule has 0 saturated heterocycles. The van der Waals surface area contributed by atoms with Crippen molar-refractivity contribution < 1.29 is 46.5 Å². The molecule has 0 bridgehead atoms. The molecule has 0 aliphatic heterocycles. The van der Waals surface area contributed by atoms with Gasteiger partial charge in [0.2, 0.25) is 0 Å². The molecule has 0 amide bonds. The van der Waals surface area contributed by atoms with E-state index in [4.69, 9.17) is 0 Å². The molecule has 0 nitrogen and oxygen atoms in total. The van der Waals surface area contributed by atoms with E-state index in [2.05, 4.69) is 178 Å². The van der Waals surface area contributed by atoms with Crippen LogP contribution in [0.25, 0.3) is 43.8 Å². The number of benzene rings is 4. The molecule has 0 radical (unpaired) electrons. The van der Waals surface area contributed by atoms with E-state index in [1.54, 1.807) is 0 Å². The summed E-state index contributed by atoms with van der Waals surface area (Å²) in [7, 11) is 0. The fourth-order valence-electron chi connectivity index (χ4n) is 5.57. The molecule has 0 N–H and O–H groups in total. The van der Waals surface area contributed by atoms with Gasteiger partial charge in [0.25, 0.3) is 0 Å². The van der Waals surface area contributed by atoms with Gasteiger partial charge in [0.05, 0.1) is 0 Å². The first-order chi connectivity index (χ1) is 20.3. The molecule has 6 rings (SSSR count). The Morgan fingerprint density at radius 3 is 1.11 bits per heavy atom. The van der Waals surface area contributed by atoms with Crippen LogP contribution < -0.4 is 24.8 Å². The van der Waals surface area contributed by atoms with E-state index >= 15 is 0 Å². The maximum absolute atomic E-state index is 3.38. The van der Waals surface area contributed by atoms with Gasteiger partial charge < -0.3 is 45.1 Å². The Kier molecular flexibility index (Phi) is 15.8. The van der Waals surface area contributed by atoms with Gasteiger partial charge in [-0.2, -0.15) is 12.1 Å². The molecule has 46 heavy (non-hydrogen) atoms. The second-order valence-electron chi connectivity index (χ2n) is 13.7. The Balaban J connectivity index is 0.000000400. The van der Waals surface area contributed by atoms with Crippen LogP contribution in [-0.2, 0) is 32.5 Å². The van der Waals surface area contributed by atoms with Crippen LogP contribution in [0.1, 0.15) is 70.2 Å². The van der Waals surface area contributed by atoms with Crippen molar-refractivity contribution in [3.63, 3.8) is 0 Å². The molecule has 0 aromatic heterocycles. The van der Waals surface area contributed by atoms with Gasteiger partial charge in [-0.05, 0) is 33.1 Å². The van der Waals surface area contributed by atoms with Crippen molar-refractivity contribution in [1.82, 2.24) is 0 Å². The fraction of sp³-hybridized carbons (Fsp3) is 0.256. The molecule has 0 saturated carbocycles. The van der Waals surface area contributed by atoms with Gasteiger partial charge in [-0.3, -0.25) is 0 Å². The van der Waals surface area contributed by atoms with Crippen LogP contribution in [0.4, 0.5) is 0 Å². The summed E-state index contributed by atoms with van der Waals surface area (Å²) in [6.07, 6.45) is 0.750. The van der Waals surface area contributed by atoms with Crippen LogP contribution in [0.15, 0.2) is 109 Å². The maximum atomic E-state index is 3.38. The number of fused-ring (bicyclic) bond motifs is 2. The van der Waals surface area contributed by atoms with Crippen LogP contribution in [0.2, 0.25) is 0 Å². The molecule has 6 aromatic carbocycles. The van der Waals surface area contributed by atoms with Crippen molar-refractivity contribution in [1.29, 1.82) is 0 Å². The summed E-state index contributed by atoms with van der Waals surface area (Å²) in [5, 5.41) is 5.38. The number of halogens is 2. The van der Waals surface area contributed by atoms with Crippen molar-refractivity contribution in [3.8, 4) is 22.3 Å². The molecule has 0 aliphatic carbocycles. The molecule has 3 heteroatoms. The molecular formula is C43H48Cl2Ti-4. The van der Waals surface area contributed by atoms with Gasteiger partial charge in [0.15, 0.2) is 0 Å². The Labute approximate surface area is 306 Å². The van der Waals surface area contributed by atoms with E-state index in [1.807, 2.05) is 0 Å². The summed E-state index contributed by atoms with van der Waals surface area (Å²) >= 11 is 0. The van der Waals surface area contributed by atoms with E-state index in [-0.39, 0.29) is 57.4 Å². The third kappa shape index (κ3) is 10.2. The van der Waals surface area contributed by atoms with Crippen molar-refractivity contribution in [2.75, 3.05) is 0 Å². The first-order valence-electron chi connectivity index (χ1n) is 15.4. The summed E-state index contributed by atoms with van der Waals surface area (Å²) in [5.41, 5.74) is 11.1. The smallest absolute Gasteiger partial charge is 1.00 e. The second kappa shape index (κ2) is 17.5. The van der Waals surface area contributed by atoms with Gasteiger partial charge in [-0.15, -0.1) is 69.1 Å². The second-order valence-corrected chi connectivity index (χ2v) is 13.7. The monoisotopic (exact) mass is 682 g/mol. The molecule has 0 heterocycles. The Morgan fingerprint density at radius 2 is 0.826 bits per heavy atom. The minimum absolute atomic E-state index is 0. The molecule has 0 atom stereocenters. The molecule has 0 spiro atoms. The zero-order valence-electron chi connectivity index (χ0n) is 28.8. The topological polar surface area (TPSA) is 0 Å². The van der Waals surface area contributed by atoms with Crippen molar-refractivity contribution in [2.24, 2.45) is 0 Å². The predicted octanol–water partition coefficient (Wildman–Crippen LogP) is 6.71. The SMILES string of the molecule is Cc1cc2c(-c3ccc(C(C)(C)C)cc3)cccc2[cH-]1.Cc1cc2c(-c3ccc(C(C)(C)C)cc3)cccc2[cH-]1.[CH2-]C[CH2-].[Cl-].[Cl-].[Ti+2]. The molecule has 0 aliphatic rings. The minimum Gasteiger partial charge on any atom is -1.00 e. The van der Waals surface area contributed by atoms with Crippen LogP contribution >= 0.6 is 0 Å². The van der Waals surface area contributed by atoms with Gasteiger partial charge in [0, 0.05) is 0 Å². The van der Waals surface area contributed by atoms with Crippen LogP contribution in [0, 0.1) is 27.7 Å². The number of hydrogen-bond donors (Lipinski definition) is 0. The molecule has 6 aromatic rings.